The van der Waals surface area contributed by atoms with Gasteiger partial charge in [0.15, 0.2) is 0 Å². The first-order valence-corrected chi connectivity index (χ1v) is 6.36. The zero-order chi connectivity index (χ0) is 13.0. The molecule has 1 heterocycles. The largest absolute Gasteiger partial charge is 0.456 e. The van der Waals surface area contributed by atoms with Crippen LogP contribution in [0, 0.1) is 0 Å². The van der Waals surface area contributed by atoms with Crippen molar-refractivity contribution in [3.8, 4) is 0 Å². The van der Waals surface area contributed by atoms with Gasteiger partial charge in [-0.3, -0.25) is 0 Å². The molecule has 2 aromatic rings. The fraction of sp³-hybridized carbons (Fsp3) is 0.0769. The third kappa shape index (κ3) is 3.55. The van der Waals surface area contributed by atoms with E-state index in [1.807, 2.05) is 24.3 Å². The molecule has 0 aliphatic rings. The Bertz CT molecular complexity index is 574. The Labute approximate surface area is 118 Å². The van der Waals surface area contributed by atoms with E-state index in [1.165, 1.54) is 0 Å². The number of aromatic nitrogens is 1. The number of rotatable bonds is 3. The molecule has 0 atom stereocenters. The van der Waals surface area contributed by atoms with Crippen molar-refractivity contribution in [1.29, 1.82) is 0 Å². The Morgan fingerprint density at radius 2 is 2.06 bits per heavy atom. The van der Waals surface area contributed by atoms with Crippen molar-refractivity contribution in [2.45, 2.75) is 6.61 Å². The van der Waals surface area contributed by atoms with Crippen molar-refractivity contribution in [1.82, 2.24) is 4.98 Å². The summed E-state index contributed by atoms with van der Waals surface area (Å²) >= 11 is 9.06. The van der Waals surface area contributed by atoms with Crippen molar-refractivity contribution in [3.63, 3.8) is 0 Å². The molecule has 0 N–H and O–H groups in total. The molecule has 0 aliphatic carbocycles. The van der Waals surface area contributed by atoms with Crippen molar-refractivity contribution < 1.29 is 9.53 Å². The Morgan fingerprint density at radius 1 is 1.28 bits per heavy atom. The number of carbonyl (C=O) groups is 1. The maximum atomic E-state index is 11.7. The highest BCUT2D eigenvalue weighted by molar-refractivity contribution is 9.10. The molecular formula is C13H9BrClNO2. The van der Waals surface area contributed by atoms with Crippen molar-refractivity contribution in [2.75, 3.05) is 0 Å². The van der Waals surface area contributed by atoms with Gasteiger partial charge in [0.25, 0.3) is 0 Å². The summed E-state index contributed by atoms with van der Waals surface area (Å²) in [5.74, 6) is -0.488. The van der Waals surface area contributed by atoms with Gasteiger partial charge >= 0.3 is 5.97 Å². The van der Waals surface area contributed by atoms with Crippen molar-refractivity contribution in [2.24, 2.45) is 0 Å². The standard InChI is InChI=1S/C13H9BrClNO2/c14-10-4-1-3-9(7-10)8-18-13(17)11-5-2-6-12(15)16-11/h1-7H,8H2. The highest BCUT2D eigenvalue weighted by Crippen LogP contribution is 2.13. The van der Waals surface area contributed by atoms with Crippen LogP contribution in [-0.4, -0.2) is 11.0 Å². The first-order valence-electron chi connectivity index (χ1n) is 5.19. The third-order valence-corrected chi connectivity index (χ3v) is 2.89. The second kappa shape index (κ2) is 5.98. The van der Waals surface area contributed by atoms with Gasteiger partial charge in [-0.2, -0.15) is 0 Å². The second-order valence-electron chi connectivity index (χ2n) is 3.55. The van der Waals surface area contributed by atoms with Gasteiger partial charge in [-0.25, -0.2) is 9.78 Å². The minimum absolute atomic E-state index is 0.201. The molecule has 0 saturated heterocycles. The van der Waals surface area contributed by atoms with E-state index < -0.39 is 5.97 Å². The molecule has 92 valence electrons. The molecule has 0 bridgehead atoms. The third-order valence-electron chi connectivity index (χ3n) is 2.18. The molecule has 0 spiro atoms. The molecule has 0 radical (unpaired) electrons. The van der Waals surface area contributed by atoms with Crippen LogP contribution in [0.4, 0.5) is 0 Å². The number of hydrogen-bond donors (Lipinski definition) is 0. The summed E-state index contributed by atoms with van der Waals surface area (Å²) in [6, 6.07) is 12.4. The molecule has 0 saturated carbocycles. The van der Waals surface area contributed by atoms with E-state index in [0.717, 1.165) is 10.0 Å². The van der Waals surface area contributed by atoms with E-state index in [2.05, 4.69) is 20.9 Å². The summed E-state index contributed by atoms with van der Waals surface area (Å²) < 4.78 is 6.08. The zero-order valence-electron chi connectivity index (χ0n) is 9.27. The van der Waals surface area contributed by atoms with Crippen LogP contribution in [0.2, 0.25) is 5.15 Å². The van der Waals surface area contributed by atoms with E-state index in [0.29, 0.717) is 0 Å². The van der Waals surface area contributed by atoms with Gasteiger partial charge < -0.3 is 4.74 Å². The summed E-state index contributed by atoms with van der Waals surface area (Å²) in [6.07, 6.45) is 0. The second-order valence-corrected chi connectivity index (χ2v) is 4.85. The number of benzene rings is 1. The fourth-order valence-electron chi connectivity index (χ4n) is 1.37. The van der Waals surface area contributed by atoms with E-state index in [-0.39, 0.29) is 17.5 Å². The minimum atomic E-state index is -0.488. The molecule has 0 fully saturated rings. The molecule has 5 heteroatoms. The van der Waals surface area contributed by atoms with Gasteiger partial charge in [-0.15, -0.1) is 0 Å². The summed E-state index contributed by atoms with van der Waals surface area (Å²) in [4.78, 5) is 15.6. The van der Waals surface area contributed by atoms with Gasteiger partial charge in [0.2, 0.25) is 0 Å². The van der Waals surface area contributed by atoms with Crippen LogP contribution in [0.25, 0.3) is 0 Å². The molecule has 1 aromatic heterocycles. The SMILES string of the molecule is O=C(OCc1cccc(Br)c1)c1cccc(Cl)n1. The summed E-state index contributed by atoms with van der Waals surface area (Å²) in [7, 11) is 0. The maximum Gasteiger partial charge on any atom is 0.357 e. The van der Waals surface area contributed by atoms with Crippen LogP contribution in [0.1, 0.15) is 16.1 Å². The maximum absolute atomic E-state index is 11.7. The van der Waals surface area contributed by atoms with Gasteiger partial charge in [0.1, 0.15) is 17.5 Å². The Hall–Kier alpha value is -1.39. The van der Waals surface area contributed by atoms with E-state index in [9.17, 15) is 4.79 Å². The first-order chi connectivity index (χ1) is 8.65. The van der Waals surface area contributed by atoms with Crippen LogP contribution in [0.15, 0.2) is 46.9 Å². The average molecular weight is 327 g/mol. The molecule has 1 aromatic carbocycles. The average Bonchev–Trinajstić information content (AvgIpc) is 2.36. The van der Waals surface area contributed by atoms with Crippen LogP contribution in [-0.2, 0) is 11.3 Å². The van der Waals surface area contributed by atoms with Gasteiger partial charge in [-0.05, 0) is 29.8 Å². The zero-order valence-corrected chi connectivity index (χ0v) is 11.6. The number of hydrogen-bond acceptors (Lipinski definition) is 3. The van der Waals surface area contributed by atoms with Crippen LogP contribution < -0.4 is 0 Å². The number of carbonyl (C=O) groups excluding carboxylic acids is 1. The van der Waals surface area contributed by atoms with Crippen LogP contribution >= 0.6 is 27.5 Å². The fourth-order valence-corrected chi connectivity index (χ4v) is 1.98. The highest BCUT2D eigenvalue weighted by Gasteiger charge is 2.09. The first kappa shape index (κ1) is 13.1. The number of ether oxygens (including phenoxy) is 1. The molecular weight excluding hydrogens is 318 g/mol. The van der Waals surface area contributed by atoms with Gasteiger partial charge in [-0.1, -0.05) is 45.7 Å². The Balaban J connectivity index is 2.00. The molecule has 2 rings (SSSR count). The molecule has 18 heavy (non-hydrogen) atoms. The number of esters is 1. The van der Waals surface area contributed by atoms with Crippen LogP contribution in [0.3, 0.4) is 0 Å². The highest BCUT2D eigenvalue weighted by atomic mass is 79.9. The smallest absolute Gasteiger partial charge is 0.357 e. The summed E-state index contributed by atoms with van der Waals surface area (Å²) in [5.41, 5.74) is 1.11. The van der Waals surface area contributed by atoms with Crippen molar-refractivity contribution >= 4 is 33.5 Å². The summed E-state index contributed by atoms with van der Waals surface area (Å²) in [5, 5.41) is 0.270. The van der Waals surface area contributed by atoms with E-state index in [1.54, 1.807) is 18.2 Å². The lowest BCUT2D eigenvalue weighted by Crippen LogP contribution is -2.07. The summed E-state index contributed by atoms with van der Waals surface area (Å²) in [6.45, 7) is 0.201. The van der Waals surface area contributed by atoms with Crippen LogP contribution in [0.5, 0.6) is 0 Å². The van der Waals surface area contributed by atoms with Gasteiger partial charge in [0, 0.05) is 4.47 Å². The molecule has 0 amide bonds. The normalized spacial score (nSPS) is 10.1. The Morgan fingerprint density at radius 3 is 2.78 bits per heavy atom. The predicted molar refractivity (Wildman–Crippen MR) is 72.5 cm³/mol. The van der Waals surface area contributed by atoms with Crippen molar-refractivity contribution in [3.05, 3.63) is 63.3 Å². The predicted octanol–water partition coefficient (Wildman–Crippen LogP) is 3.85. The lowest BCUT2D eigenvalue weighted by molar-refractivity contribution is 0.0465. The number of halogens is 2. The molecule has 0 unspecified atom stereocenters. The monoisotopic (exact) mass is 325 g/mol. The van der Waals surface area contributed by atoms with E-state index in [4.69, 9.17) is 16.3 Å². The number of nitrogens with zero attached hydrogens (tertiary/aromatic N) is 1. The van der Waals surface area contributed by atoms with Gasteiger partial charge in [0.05, 0.1) is 0 Å². The lowest BCUT2D eigenvalue weighted by atomic mass is 10.2. The Kier molecular flexibility index (Phi) is 4.33. The quantitative estimate of drug-likeness (QED) is 0.635. The lowest BCUT2D eigenvalue weighted by Gasteiger charge is -2.05. The topological polar surface area (TPSA) is 39.2 Å². The minimum Gasteiger partial charge on any atom is -0.456 e. The van der Waals surface area contributed by atoms with E-state index >= 15 is 0 Å². The number of pyridine rings is 1. The molecule has 3 nitrogen and oxygen atoms in total. The molecule has 0 aliphatic heterocycles.